The number of ketones is 2. The molecular formula is C76H134Cl7N19O10. The highest BCUT2D eigenvalue weighted by atomic mass is 35.5. The Balaban J connectivity index is -0.000000429. The predicted molar refractivity (Wildman–Crippen MR) is 468 cm³/mol. The summed E-state index contributed by atoms with van der Waals surface area (Å²) in [6, 6.07) is 15.2. The highest BCUT2D eigenvalue weighted by Gasteiger charge is 2.26. The van der Waals surface area contributed by atoms with Crippen molar-refractivity contribution in [3.05, 3.63) is 81.4 Å². The number of Topliss-reactive ketones (excluding diaryl/α,β-unsaturated/α-hetero) is 2. The first-order valence-electron chi connectivity index (χ1n) is 37.6. The standard InChI is InChI=1S/2C19H24ClN7O3.C12H23NO2.C8H17NO2.C8H17N.C7H15N.C3H9N.5ClH/c2*1-11(28)10-30-13-7-5-12(6-8-13)4-2-3-9-24-19(23)27-18(29)14-16(21)26-17(22)15(20)25-14;1-5-10-6-8-13(9-7-10)11(14)15-12(2,3)4;1-5-6-9-7(10)11-8(2,3)4;1-2-6-9-7-4-3-5-8-9;1-2-7-3-5-8-6-4-7;1-2-3-4;;;;;/h2*5-8H,2-4,9-10H2,1H3,(H4,21,22,26)(H3,23,24,27,29);10H,5-9H2,1-4H3;5-6H2,1-4H3,(H,9,10);2-8H2,1H3;7-8H,2-6H2,1H3;2-4H2,1H3;5*1H. The molecule has 3 aliphatic heterocycles. The molecular weight excluding hydrogens is 1590 g/mol. The number of hydrogen-bond acceptors (Lipinski definition) is 23. The van der Waals surface area contributed by atoms with Crippen LogP contribution in [0.25, 0.3) is 0 Å². The van der Waals surface area contributed by atoms with Crippen LogP contribution < -0.4 is 70.9 Å². The average molecular weight is 1720 g/mol. The molecule has 0 spiro atoms. The topological polar surface area (TPSA) is 452 Å². The SMILES string of the molecule is CC(=O)COc1ccc(CCCCN=C(N)NC(=O)c2nc(Cl)c(N)nc2N)cc1.CC(=O)COc1ccc(CCCCN=C(N)NC(=O)c2nc(Cl)c(N)nc2N)cc1.CCC1CCN(C(=O)OC(C)(C)C)CC1.CCC1CCNCC1.CCCN.CCCN1CCCCC1.CCCNC(=O)OC(C)(C)C.Cl.Cl.Cl.Cl.Cl. The van der Waals surface area contributed by atoms with E-state index in [1.54, 1.807) is 0 Å². The van der Waals surface area contributed by atoms with E-state index in [2.05, 4.69) is 83.8 Å². The van der Waals surface area contributed by atoms with Crippen LogP contribution in [0, 0.1) is 11.8 Å². The number of nitrogens with one attached hydrogen (secondary N) is 4. The van der Waals surface area contributed by atoms with E-state index in [0.717, 1.165) is 107 Å². The van der Waals surface area contributed by atoms with Crippen molar-refractivity contribution in [2.24, 2.45) is 39.0 Å². The lowest BCUT2D eigenvalue weighted by molar-refractivity contribution is -0.119. The Hall–Kier alpha value is -6.93. The molecule has 112 heavy (non-hydrogen) atoms. The predicted octanol–water partition coefficient (Wildman–Crippen LogP) is 13.4. The second kappa shape index (κ2) is 65.3. The quantitative estimate of drug-likeness (QED) is 0.0167. The molecule has 5 heterocycles. The van der Waals surface area contributed by atoms with E-state index in [4.69, 9.17) is 82.3 Å². The molecule has 29 nitrogen and oxygen atoms in total. The summed E-state index contributed by atoms with van der Waals surface area (Å²) < 4.78 is 21.0. The molecule has 0 aliphatic carbocycles. The third-order valence-corrected chi connectivity index (χ3v) is 16.4. The second-order valence-corrected chi connectivity index (χ2v) is 28.6. The Labute approximate surface area is 707 Å². The van der Waals surface area contributed by atoms with Crippen LogP contribution in [-0.4, -0.2) is 174 Å². The Morgan fingerprint density at radius 3 is 1.28 bits per heavy atom. The summed E-state index contributed by atoms with van der Waals surface area (Å²) in [5.41, 5.74) is 39.8. The first-order chi connectivity index (χ1) is 50.7. The van der Waals surface area contributed by atoms with Crippen LogP contribution in [0.3, 0.4) is 0 Å². The number of halogens is 7. The van der Waals surface area contributed by atoms with Gasteiger partial charge in [0.2, 0.25) is 0 Å². The molecule has 0 radical (unpaired) electrons. The van der Waals surface area contributed by atoms with Crippen molar-refractivity contribution in [3.63, 3.8) is 0 Å². The highest BCUT2D eigenvalue weighted by molar-refractivity contribution is 6.32. The summed E-state index contributed by atoms with van der Waals surface area (Å²) in [6.45, 7) is 35.8. The minimum atomic E-state index is -0.671. The lowest BCUT2D eigenvalue weighted by Gasteiger charge is -2.33. The number of anilines is 4. The summed E-state index contributed by atoms with van der Waals surface area (Å²) in [6.07, 6.45) is 19.8. The minimum absolute atomic E-state index is 0. The molecule has 7 rings (SSSR count). The van der Waals surface area contributed by atoms with Crippen LogP contribution >= 0.6 is 85.2 Å². The van der Waals surface area contributed by atoms with Gasteiger partial charge in [-0.15, -0.1) is 62.0 Å². The van der Waals surface area contributed by atoms with Gasteiger partial charge in [-0.3, -0.25) is 39.8 Å². The molecule has 642 valence electrons. The molecule has 4 amide bonds. The van der Waals surface area contributed by atoms with Gasteiger partial charge in [-0.25, -0.2) is 29.5 Å². The molecule has 3 aliphatic rings. The van der Waals surface area contributed by atoms with Gasteiger partial charge in [0.1, 0.15) is 35.9 Å². The number of aliphatic imine (C=N–C) groups is 2. The number of rotatable bonds is 25. The van der Waals surface area contributed by atoms with Gasteiger partial charge in [0, 0.05) is 32.7 Å². The maximum absolute atomic E-state index is 12.1. The zero-order valence-electron chi connectivity index (χ0n) is 68.2. The number of carbonyl (C=O) groups excluding carboxylic acids is 6. The number of likely N-dealkylation sites (tertiary alicyclic amines) is 2. The fraction of sp³-hybridized carbons (Fsp3) is 0.632. The molecule has 0 unspecified atom stereocenters. The number of aryl methyl sites for hydroxylation is 2. The van der Waals surface area contributed by atoms with Gasteiger partial charge in [0.15, 0.2) is 68.5 Å². The highest BCUT2D eigenvalue weighted by Crippen LogP contribution is 2.23. The summed E-state index contributed by atoms with van der Waals surface area (Å²) >= 11 is 11.5. The lowest BCUT2D eigenvalue weighted by Crippen LogP contribution is -2.41. The number of unbranched alkanes of at least 4 members (excludes halogenated alkanes) is 2. The number of nitrogen functional groups attached to an aromatic ring is 4. The Morgan fingerprint density at radius 1 is 0.545 bits per heavy atom. The summed E-state index contributed by atoms with van der Waals surface area (Å²) in [5, 5.41) is 10.5. The molecule has 0 saturated carbocycles. The number of amides is 4. The number of hydrogen-bond donors (Lipinski definition) is 11. The monoisotopic (exact) mass is 1720 g/mol. The molecule has 18 N–H and O–H groups in total. The van der Waals surface area contributed by atoms with Gasteiger partial charge in [-0.2, -0.15) is 0 Å². The van der Waals surface area contributed by atoms with E-state index in [-0.39, 0.29) is 161 Å². The number of nitrogens with two attached hydrogens (primary N) is 7. The Kier molecular flexibility index (Phi) is 66.3. The van der Waals surface area contributed by atoms with Crippen molar-refractivity contribution in [1.29, 1.82) is 0 Å². The third-order valence-electron chi connectivity index (χ3n) is 15.8. The summed E-state index contributed by atoms with van der Waals surface area (Å²) in [5.74, 6) is 1.21. The number of ether oxygens (including phenoxy) is 4. The Bertz CT molecular complexity index is 3130. The van der Waals surface area contributed by atoms with E-state index < -0.39 is 17.4 Å². The molecule has 36 heteroatoms. The normalized spacial score (nSPS) is 13.4. The fourth-order valence-electron chi connectivity index (χ4n) is 9.98. The largest absolute Gasteiger partial charge is 0.486 e. The van der Waals surface area contributed by atoms with Crippen LogP contribution in [0.1, 0.15) is 225 Å². The van der Waals surface area contributed by atoms with Gasteiger partial charge in [-0.05, 0) is 238 Å². The van der Waals surface area contributed by atoms with Crippen molar-refractivity contribution in [2.45, 2.75) is 217 Å². The molecule has 4 aromatic rings. The maximum Gasteiger partial charge on any atom is 0.410 e. The van der Waals surface area contributed by atoms with Crippen LogP contribution in [0.5, 0.6) is 11.5 Å². The van der Waals surface area contributed by atoms with E-state index in [1.165, 1.54) is 97.9 Å². The van der Waals surface area contributed by atoms with Crippen molar-refractivity contribution >= 4 is 156 Å². The fourth-order valence-corrected chi connectivity index (χ4v) is 10.2. The number of alkyl carbamates (subject to hydrolysis) is 1. The maximum atomic E-state index is 12.1. The van der Waals surface area contributed by atoms with Crippen molar-refractivity contribution in [3.8, 4) is 11.5 Å². The van der Waals surface area contributed by atoms with Gasteiger partial charge < -0.3 is 79.5 Å². The van der Waals surface area contributed by atoms with E-state index in [9.17, 15) is 28.8 Å². The van der Waals surface area contributed by atoms with Crippen LogP contribution in [0.4, 0.5) is 32.9 Å². The third kappa shape index (κ3) is 55.5. The summed E-state index contributed by atoms with van der Waals surface area (Å²) in [7, 11) is 0. The summed E-state index contributed by atoms with van der Waals surface area (Å²) in [4.78, 5) is 96.4. The van der Waals surface area contributed by atoms with E-state index >= 15 is 0 Å². The first kappa shape index (κ1) is 114. The first-order valence-corrected chi connectivity index (χ1v) is 38.3. The van der Waals surface area contributed by atoms with Gasteiger partial charge >= 0.3 is 12.2 Å². The van der Waals surface area contributed by atoms with Crippen LogP contribution in [0.2, 0.25) is 10.3 Å². The molecule has 3 fully saturated rings. The molecule has 0 atom stereocenters. The van der Waals surface area contributed by atoms with Gasteiger partial charge in [0.05, 0.1) is 0 Å². The van der Waals surface area contributed by atoms with Crippen LogP contribution in [-0.2, 0) is 31.9 Å². The lowest BCUT2D eigenvalue weighted by atomic mass is 9.95. The second-order valence-electron chi connectivity index (χ2n) is 27.9. The minimum Gasteiger partial charge on any atom is -0.486 e. The average Bonchev–Trinajstić information content (AvgIpc) is 0.839. The molecule has 3 saturated heterocycles. The zero-order valence-corrected chi connectivity index (χ0v) is 73.8. The van der Waals surface area contributed by atoms with Crippen molar-refractivity contribution in [2.75, 3.05) is 108 Å². The number of piperidine rings is 3. The Morgan fingerprint density at radius 2 is 0.938 bits per heavy atom. The van der Waals surface area contributed by atoms with Crippen LogP contribution in [0.15, 0.2) is 58.5 Å². The number of carbonyl (C=O) groups is 6. The number of aromatic nitrogens is 4. The van der Waals surface area contributed by atoms with E-state index in [1.807, 2.05) is 102 Å². The van der Waals surface area contributed by atoms with Crippen molar-refractivity contribution < 1.29 is 47.7 Å². The number of benzene rings is 2. The molecule has 0 bridgehead atoms. The smallest absolute Gasteiger partial charge is 0.410 e. The van der Waals surface area contributed by atoms with Gasteiger partial charge in [0.25, 0.3) is 11.8 Å². The van der Waals surface area contributed by atoms with E-state index in [0.29, 0.717) is 31.1 Å². The number of guanidine groups is 2. The molecule has 2 aromatic heterocycles. The number of nitrogens with zero attached hydrogens (tertiary/aromatic N) is 8. The van der Waals surface area contributed by atoms with Gasteiger partial charge in [-0.1, -0.05) is 101 Å². The molecule has 2 aromatic carbocycles. The zero-order chi connectivity index (χ0) is 80.3. The van der Waals surface area contributed by atoms with Crippen molar-refractivity contribution in [1.82, 2.24) is 51.0 Å².